The molecule has 0 spiro atoms. The smallest absolute Gasteiger partial charge is 0.329 e. The minimum Gasteiger partial charge on any atom is -0.468 e. The second-order valence-corrected chi connectivity index (χ2v) is 6.43. The summed E-state index contributed by atoms with van der Waals surface area (Å²) in [7, 11) is 3.08. The average molecular weight is 355 g/mol. The van der Waals surface area contributed by atoms with Gasteiger partial charge < -0.3 is 9.47 Å². The van der Waals surface area contributed by atoms with E-state index in [0.717, 1.165) is 24.0 Å². The van der Waals surface area contributed by atoms with Crippen LogP contribution >= 0.6 is 0 Å². The molecule has 0 fully saturated rings. The van der Waals surface area contributed by atoms with Crippen molar-refractivity contribution in [2.75, 3.05) is 14.2 Å². The van der Waals surface area contributed by atoms with E-state index in [4.69, 9.17) is 9.47 Å². The maximum Gasteiger partial charge on any atom is 0.329 e. The van der Waals surface area contributed by atoms with Crippen LogP contribution in [0, 0.1) is 0 Å². The average Bonchev–Trinajstić information content (AvgIpc) is 2.71. The van der Waals surface area contributed by atoms with Crippen LogP contribution in [0.4, 0.5) is 0 Å². The molecule has 0 aliphatic heterocycles. The molecule has 0 amide bonds. The molecule has 2 aromatic rings. The number of unbranched alkanes of at least 4 members (excludes halogenated alkanes) is 1. The Labute approximate surface area is 156 Å². The number of rotatable bonds is 10. The van der Waals surface area contributed by atoms with Crippen LogP contribution in [0.25, 0.3) is 0 Å². The van der Waals surface area contributed by atoms with E-state index in [2.05, 4.69) is 12.2 Å². The minimum atomic E-state index is -0.948. The molecule has 2 unspecified atom stereocenters. The third kappa shape index (κ3) is 4.71. The number of carbonyl (C=O) groups excluding carboxylic acids is 1. The van der Waals surface area contributed by atoms with Crippen LogP contribution in [0.15, 0.2) is 60.7 Å². The third-order valence-electron chi connectivity index (χ3n) is 4.71. The van der Waals surface area contributed by atoms with E-state index >= 15 is 0 Å². The van der Waals surface area contributed by atoms with E-state index in [1.54, 1.807) is 7.11 Å². The maximum atomic E-state index is 13.0. The number of hydrogen-bond acceptors (Lipinski definition) is 4. The molecule has 0 aromatic heterocycles. The van der Waals surface area contributed by atoms with Gasteiger partial charge in [0.2, 0.25) is 0 Å². The highest BCUT2D eigenvalue weighted by Gasteiger charge is 2.47. The highest BCUT2D eigenvalue weighted by Crippen LogP contribution is 2.35. The predicted molar refractivity (Wildman–Crippen MR) is 104 cm³/mol. The largest absolute Gasteiger partial charge is 0.468 e. The van der Waals surface area contributed by atoms with Crippen molar-refractivity contribution in [3.05, 3.63) is 71.8 Å². The normalized spacial score (nSPS) is 14.4. The first kappa shape index (κ1) is 20.1. The van der Waals surface area contributed by atoms with Gasteiger partial charge in [0.15, 0.2) is 0 Å². The molecule has 0 radical (unpaired) electrons. The molecule has 0 bridgehead atoms. The van der Waals surface area contributed by atoms with Crippen LogP contribution in [0.1, 0.15) is 43.4 Å². The van der Waals surface area contributed by atoms with Gasteiger partial charge in [0.25, 0.3) is 0 Å². The SMILES string of the molecule is CCCCC(NCc1ccccc1)(C(=O)OC)C(OC)c1ccccc1. The van der Waals surface area contributed by atoms with Crippen molar-refractivity contribution in [3.63, 3.8) is 0 Å². The van der Waals surface area contributed by atoms with Gasteiger partial charge in [-0.2, -0.15) is 0 Å². The molecule has 0 heterocycles. The van der Waals surface area contributed by atoms with Crippen LogP contribution in [0.2, 0.25) is 0 Å². The van der Waals surface area contributed by atoms with Gasteiger partial charge in [-0.3, -0.25) is 5.32 Å². The predicted octanol–water partition coefficient (Wildman–Crippen LogP) is 4.27. The van der Waals surface area contributed by atoms with Crippen molar-refractivity contribution in [1.29, 1.82) is 0 Å². The molecule has 0 saturated heterocycles. The Hall–Kier alpha value is -2.17. The number of carbonyl (C=O) groups is 1. The van der Waals surface area contributed by atoms with Gasteiger partial charge in [-0.15, -0.1) is 0 Å². The van der Waals surface area contributed by atoms with Gasteiger partial charge in [-0.1, -0.05) is 80.4 Å². The van der Waals surface area contributed by atoms with Crippen LogP contribution in [-0.4, -0.2) is 25.7 Å². The molecule has 140 valence electrons. The molecule has 2 atom stereocenters. The van der Waals surface area contributed by atoms with Gasteiger partial charge in [0.1, 0.15) is 11.6 Å². The zero-order valence-corrected chi connectivity index (χ0v) is 15.9. The van der Waals surface area contributed by atoms with Crippen molar-refractivity contribution in [2.24, 2.45) is 0 Å². The molecule has 0 aliphatic carbocycles. The lowest BCUT2D eigenvalue weighted by atomic mass is 9.82. The third-order valence-corrected chi connectivity index (χ3v) is 4.71. The molecule has 4 nitrogen and oxygen atoms in total. The fourth-order valence-corrected chi connectivity index (χ4v) is 3.34. The Kier molecular flexibility index (Phi) is 7.82. The van der Waals surface area contributed by atoms with Gasteiger partial charge >= 0.3 is 5.97 Å². The summed E-state index contributed by atoms with van der Waals surface area (Å²) in [4.78, 5) is 13.0. The number of nitrogens with one attached hydrogen (secondary N) is 1. The molecule has 2 aromatic carbocycles. The number of esters is 1. The van der Waals surface area contributed by atoms with Crippen molar-refractivity contribution in [2.45, 2.75) is 44.4 Å². The summed E-state index contributed by atoms with van der Waals surface area (Å²) in [6.45, 7) is 2.68. The zero-order chi connectivity index (χ0) is 18.8. The molecule has 4 heteroatoms. The highest BCUT2D eigenvalue weighted by atomic mass is 16.5. The number of ether oxygens (including phenoxy) is 2. The van der Waals surface area contributed by atoms with Gasteiger partial charge in [-0.25, -0.2) is 4.79 Å². The first-order chi connectivity index (χ1) is 12.7. The highest BCUT2D eigenvalue weighted by molar-refractivity contribution is 5.82. The second kappa shape index (κ2) is 10.1. The molecule has 2 rings (SSSR count). The van der Waals surface area contributed by atoms with E-state index in [1.165, 1.54) is 7.11 Å². The topological polar surface area (TPSA) is 47.6 Å². The van der Waals surface area contributed by atoms with E-state index in [9.17, 15) is 4.79 Å². The van der Waals surface area contributed by atoms with Crippen molar-refractivity contribution in [3.8, 4) is 0 Å². The maximum absolute atomic E-state index is 13.0. The minimum absolute atomic E-state index is 0.294. The van der Waals surface area contributed by atoms with Crippen LogP contribution in [0.5, 0.6) is 0 Å². The van der Waals surface area contributed by atoms with Gasteiger partial charge in [0, 0.05) is 13.7 Å². The Bertz CT molecular complexity index is 660. The van der Waals surface area contributed by atoms with Crippen LogP contribution in [0.3, 0.4) is 0 Å². The molecular weight excluding hydrogens is 326 g/mol. The molecule has 26 heavy (non-hydrogen) atoms. The van der Waals surface area contributed by atoms with Gasteiger partial charge in [0.05, 0.1) is 7.11 Å². The Morgan fingerprint density at radius 3 is 2.19 bits per heavy atom. The second-order valence-electron chi connectivity index (χ2n) is 6.43. The first-order valence-electron chi connectivity index (χ1n) is 9.13. The number of methoxy groups -OCH3 is 2. The lowest BCUT2D eigenvalue weighted by molar-refractivity contribution is -0.157. The van der Waals surface area contributed by atoms with E-state index in [-0.39, 0.29) is 5.97 Å². The first-order valence-corrected chi connectivity index (χ1v) is 9.13. The Morgan fingerprint density at radius 2 is 1.65 bits per heavy atom. The van der Waals surface area contributed by atoms with Gasteiger partial charge in [-0.05, 0) is 17.5 Å². The fraction of sp³-hybridized carbons (Fsp3) is 0.409. The summed E-state index contributed by atoms with van der Waals surface area (Å²) >= 11 is 0. The van der Waals surface area contributed by atoms with Crippen molar-refractivity contribution < 1.29 is 14.3 Å². The van der Waals surface area contributed by atoms with E-state index < -0.39 is 11.6 Å². The number of hydrogen-bond donors (Lipinski definition) is 1. The molecular formula is C22H29NO3. The zero-order valence-electron chi connectivity index (χ0n) is 15.9. The monoisotopic (exact) mass is 355 g/mol. The molecule has 0 aliphatic rings. The summed E-state index contributed by atoms with van der Waals surface area (Å²) < 4.78 is 11.1. The van der Waals surface area contributed by atoms with Crippen molar-refractivity contribution in [1.82, 2.24) is 5.32 Å². The summed E-state index contributed by atoms with van der Waals surface area (Å²) in [5.74, 6) is -0.294. The summed E-state index contributed by atoms with van der Waals surface area (Å²) in [5.41, 5.74) is 1.12. The lowest BCUT2D eigenvalue weighted by Gasteiger charge is -2.38. The standard InChI is InChI=1S/C22H29NO3/c1-4-5-16-22(21(24)26-3,23-17-18-12-8-6-9-13-18)20(25-2)19-14-10-7-11-15-19/h6-15,20,23H,4-5,16-17H2,1-3H3. The van der Waals surface area contributed by atoms with E-state index in [1.807, 2.05) is 60.7 Å². The summed E-state index contributed by atoms with van der Waals surface area (Å²) in [5, 5.41) is 3.49. The van der Waals surface area contributed by atoms with Crippen LogP contribution < -0.4 is 5.32 Å². The van der Waals surface area contributed by atoms with E-state index in [0.29, 0.717) is 13.0 Å². The van der Waals surface area contributed by atoms with Crippen LogP contribution in [-0.2, 0) is 20.8 Å². The fourth-order valence-electron chi connectivity index (χ4n) is 3.34. The number of benzene rings is 2. The molecule has 1 N–H and O–H groups in total. The van der Waals surface area contributed by atoms with Crippen molar-refractivity contribution >= 4 is 5.97 Å². The quantitative estimate of drug-likeness (QED) is 0.647. The lowest BCUT2D eigenvalue weighted by Crippen LogP contribution is -2.57. The summed E-state index contributed by atoms with van der Waals surface area (Å²) in [6.07, 6.45) is 2.07. The Morgan fingerprint density at radius 1 is 1.04 bits per heavy atom. The molecule has 0 saturated carbocycles. The summed E-state index contributed by atoms with van der Waals surface area (Å²) in [6, 6.07) is 19.9. The Balaban J connectivity index is 2.41.